The number of rotatable bonds is 7. The summed E-state index contributed by atoms with van der Waals surface area (Å²) in [5, 5.41) is 0. The molecule has 0 spiro atoms. The van der Waals surface area contributed by atoms with E-state index in [1.165, 1.54) is 18.0 Å². The van der Waals surface area contributed by atoms with Crippen molar-refractivity contribution < 1.29 is 36.1 Å². The standard InChI is InChI=1S/C16H20BNO8S/c1-18-11-15(19)24-17(25-16(20)12-18)14(26-27(21,22)23)10-6-5-9-13-7-3-2-4-8-13/h2-4,6-8,10,14H,5,9,11-12H2,1H3,(H,21,22,23)/b10-6+. The average Bonchev–Trinajstić information content (AvgIpc) is 2.55. The fraction of sp³-hybridized carbons (Fsp3) is 0.375. The van der Waals surface area contributed by atoms with Crippen LogP contribution in [0.2, 0.25) is 0 Å². The third kappa shape index (κ3) is 7.91. The second-order valence-corrected chi connectivity index (χ2v) is 7.01. The number of aryl methyl sites for hydroxylation is 1. The van der Waals surface area contributed by atoms with Gasteiger partial charge in [-0.15, -0.1) is 0 Å². The van der Waals surface area contributed by atoms with E-state index in [0.717, 1.165) is 5.56 Å². The molecule has 1 aliphatic heterocycles. The number of hydrogen-bond donors (Lipinski definition) is 1. The number of hydrogen-bond acceptors (Lipinski definition) is 8. The SMILES string of the molecule is CN1CC(=O)OB(C(/C=C/CCc2ccccc2)OS(=O)(=O)O)OC(=O)C1. The van der Waals surface area contributed by atoms with Crippen LogP contribution < -0.4 is 0 Å². The summed E-state index contributed by atoms with van der Waals surface area (Å²) in [6.45, 7) is -0.357. The lowest BCUT2D eigenvalue weighted by atomic mass is 9.80. The Morgan fingerprint density at radius 3 is 2.37 bits per heavy atom. The molecule has 0 bridgehead atoms. The highest BCUT2D eigenvalue weighted by molar-refractivity contribution is 7.81. The molecular weight excluding hydrogens is 377 g/mol. The predicted molar refractivity (Wildman–Crippen MR) is 95.8 cm³/mol. The topological polar surface area (TPSA) is 119 Å². The molecule has 11 heteroatoms. The van der Waals surface area contributed by atoms with Crippen molar-refractivity contribution in [2.45, 2.75) is 18.8 Å². The van der Waals surface area contributed by atoms with Crippen molar-refractivity contribution in [1.82, 2.24) is 4.90 Å². The summed E-state index contributed by atoms with van der Waals surface area (Å²) in [5.41, 5.74) is 1.07. The molecule has 1 N–H and O–H groups in total. The number of carbonyl (C=O) groups is 2. The Labute approximate surface area is 158 Å². The van der Waals surface area contributed by atoms with Gasteiger partial charge in [0.15, 0.2) is 6.00 Å². The predicted octanol–water partition coefficient (Wildman–Crippen LogP) is 0.423. The van der Waals surface area contributed by atoms with E-state index in [2.05, 4.69) is 4.18 Å². The van der Waals surface area contributed by atoms with Crippen LogP contribution in [0.25, 0.3) is 0 Å². The van der Waals surface area contributed by atoms with E-state index in [1.54, 1.807) is 6.08 Å². The first-order valence-electron chi connectivity index (χ1n) is 8.17. The van der Waals surface area contributed by atoms with Crippen LogP contribution in [0.1, 0.15) is 12.0 Å². The number of benzene rings is 1. The van der Waals surface area contributed by atoms with E-state index < -0.39 is 35.5 Å². The second kappa shape index (κ2) is 9.65. The fourth-order valence-electron chi connectivity index (χ4n) is 2.42. The molecule has 27 heavy (non-hydrogen) atoms. The molecule has 1 aromatic rings. The summed E-state index contributed by atoms with van der Waals surface area (Å²) < 4.78 is 45.7. The molecule has 1 atom stereocenters. The van der Waals surface area contributed by atoms with Gasteiger partial charge in [-0.2, -0.15) is 8.42 Å². The molecule has 146 valence electrons. The molecule has 0 aliphatic carbocycles. The lowest BCUT2D eigenvalue weighted by Gasteiger charge is -2.24. The Morgan fingerprint density at radius 2 is 1.81 bits per heavy atom. The van der Waals surface area contributed by atoms with Crippen LogP contribution in [-0.4, -0.2) is 63.1 Å². The zero-order valence-electron chi connectivity index (χ0n) is 14.7. The quantitative estimate of drug-likeness (QED) is 0.397. The molecular formula is C16H20BNO8S. The van der Waals surface area contributed by atoms with Gasteiger partial charge < -0.3 is 9.31 Å². The zero-order valence-corrected chi connectivity index (χ0v) is 15.5. The van der Waals surface area contributed by atoms with Crippen LogP contribution in [0, 0.1) is 0 Å². The molecule has 9 nitrogen and oxygen atoms in total. The maximum absolute atomic E-state index is 11.8. The highest BCUT2D eigenvalue weighted by Gasteiger charge is 2.41. The van der Waals surface area contributed by atoms with Crippen LogP contribution >= 0.6 is 0 Å². The van der Waals surface area contributed by atoms with Gasteiger partial charge in [0.25, 0.3) is 0 Å². The minimum Gasteiger partial charge on any atom is -0.496 e. The van der Waals surface area contributed by atoms with Crippen molar-refractivity contribution in [1.29, 1.82) is 0 Å². The van der Waals surface area contributed by atoms with Crippen LogP contribution in [-0.2, 0) is 39.9 Å². The van der Waals surface area contributed by atoms with Crippen molar-refractivity contribution in [2.75, 3.05) is 20.1 Å². The molecule has 0 saturated carbocycles. The van der Waals surface area contributed by atoms with Gasteiger partial charge in [-0.3, -0.25) is 19.0 Å². The van der Waals surface area contributed by atoms with E-state index in [4.69, 9.17) is 13.9 Å². The number of nitrogens with zero attached hydrogens (tertiary/aromatic N) is 1. The first-order chi connectivity index (χ1) is 12.7. The monoisotopic (exact) mass is 397 g/mol. The number of likely N-dealkylation sites (N-methyl/N-ethyl adjacent to an activating group) is 1. The largest absolute Gasteiger partial charge is 0.635 e. The first-order valence-corrected chi connectivity index (χ1v) is 9.53. The van der Waals surface area contributed by atoms with Crippen molar-refractivity contribution in [3.63, 3.8) is 0 Å². The zero-order chi connectivity index (χ0) is 19.9. The summed E-state index contributed by atoms with van der Waals surface area (Å²) in [4.78, 5) is 25.0. The number of carbonyl (C=O) groups excluding carboxylic acids is 2. The summed E-state index contributed by atoms with van der Waals surface area (Å²) in [5.74, 6) is -1.45. The van der Waals surface area contributed by atoms with E-state index in [1.807, 2.05) is 30.3 Å². The van der Waals surface area contributed by atoms with Crippen molar-refractivity contribution in [3.8, 4) is 0 Å². The molecule has 1 saturated heterocycles. The Hall–Kier alpha value is -2.21. The molecule has 1 heterocycles. The highest BCUT2D eigenvalue weighted by Crippen LogP contribution is 2.12. The van der Waals surface area contributed by atoms with Crippen molar-refractivity contribution in [3.05, 3.63) is 48.0 Å². The lowest BCUT2D eigenvalue weighted by molar-refractivity contribution is -0.146. The minimum atomic E-state index is -4.87. The molecule has 1 aromatic carbocycles. The summed E-state index contributed by atoms with van der Waals surface area (Å²) in [6.07, 6.45) is 4.06. The van der Waals surface area contributed by atoms with E-state index in [9.17, 15) is 18.0 Å². The van der Waals surface area contributed by atoms with Gasteiger partial charge in [0, 0.05) is 0 Å². The summed E-state index contributed by atoms with van der Waals surface area (Å²) in [6, 6.07) is 8.06. The van der Waals surface area contributed by atoms with E-state index >= 15 is 0 Å². The molecule has 1 unspecified atom stereocenters. The second-order valence-electron chi connectivity index (χ2n) is 5.96. The van der Waals surface area contributed by atoms with Gasteiger partial charge in [-0.25, -0.2) is 4.18 Å². The summed E-state index contributed by atoms with van der Waals surface area (Å²) in [7, 11) is -4.98. The van der Waals surface area contributed by atoms with Gasteiger partial charge in [0.05, 0.1) is 13.1 Å². The Kier molecular flexibility index (Phi) is 7.54. The number of allylic oxidation sites excluding steroid dienone is 1. The van der Waals surface area contributed by atoms with E-state index in [-0.39, 0.29) is 13.1 Å². The molecule has 0 amide bonds. The third-order valence-corrected chi connectivity index (χ3v) is 4.03. The molecule has 2 rings (SSSR count). The van der Waals surface area contributed by atoms with Crippen LogP contribution in [0.4, 0.5) is 0 Å². The molecule has 1 fully saturated rings. The van der Waals surface area contributed by atoms with Gasteiger partial charge >= 0.3 is 29.5 Å². The van der Waals surface area contributed by atoms with Gasteiger partial charge in [0.2, 0.25) is 0 Å². The van der Waals surface area contributed by atoms with Crippen LogP contribution in [0.3, 0.4) is 0 Å². The summed E-state index contributed by atoms with van der Waals surface area (Å²) >= 11 is 0. The molecule has 1 aliphatic rings. The Balaban J connectivity index is 2.08. The van der Waals surface area contributed by atoms with Crippen LogP contribution in [0.5, 0.6) is 0 Å². The maximum atomic E-state index is 11.8. The molecule has 0 radical (unpaired) electrons. The lowest BCUT2D eigenvalue weighted by Crippen LogP contribution is -2.48. The Morgan fingerprint density at radius 1 is 1.22 bits per heavy atom. The minimum absolute atomic E-state index is 0.179. The van der Waals surface area contributed by atoms with Gasteiger partial charge in [-0.05, 0) is 25.5 Å². The van der Waals surface area contributed by atoms with Crippen LogP contribution in [0.15, 0.2) is 42.5 Å². The van der Waals surface area contributed by atoms with Crippen molar-refractivity contribution >= 4 is 29.5 Å². The smallest absolute Gasteiger partial charge is 0.496 e. The maximum Gasteiger partial charge on any atom is 0.635 e. The highest BCUT2D eigenvalue weighted by atomic mass is 32.3. The third-order valence-electron chi connectivity index (χ3n) is 3.56. The molecule has 0 aromatic heterocycles. The van der Waals surface area contributed by atoms with E-state index in [0.29, 0.717) is 12.8 Å². The fourth-order valence-corrected chi connectivity index (χ4v) is 2.86. The van der Waals surface area contributed by atoms with Crippen molar-refractivity contribution in [2.24, 2.45) is 0 Å². The Bertz CT molecular complexity index is 763. The average molecular weight is 397 g/mol. The van der Waals surface area contributed by atoms with Gasteiger partial charge in [-0.1, -0.05) is 42.5 Å². The van der Waals surface area contributed by atoms with Gasteiger partial charge in [0.1, 0.15) is 0 Å². The first kappa shape index (κ1) is 21.1. The normalized spacial score (nSPS) is 17.9.